The van der Waals surface area contributed by atoms with Gasteiger partial charge in [0.2, 0.25) is 0 Å². The minimum atomic E-state index is -0.397. The lowest BCUT2D eigenvalue weighted by molar-refractivity contribution is -0.123. The Labute approximate surface area is 140 Å². The molecule has 0 saturated carbocycles. The van der Waals surface area contributed by atoms with Crippen molar-refractivity contribution in [2.75, 3.05) is 6.61 Å². The first kappa shape index (κ1) is 17.0. The van der Waals surface area contributed by atoms with Crippen LogP contribution >= 0.6 is 0 Å². The molecule has 0 saturated heterocycles. The van der Waals surface area contributed by atoms with E-state index in [1.54, 1.807) is 30.5 Å². The van der Waals surface area contributed by atoms with Crippen molar-refractivity contribution < 1.29 is 9.53 Å². The predicted octanol–water partition coefficient (Wildman–Crippen LogP) is 3.14. The predicted molar refractivity (Wildman–Crippen MR) is 93.4 cm³/mol. The first-order valence-electron chi connectivity index (χ1n) is 7.36. The molecule has 0 bridgehead atoms. The van der Waals surface area contributed by atoms with Gasteiger partial charge in [-0.05, 0) is 30.2 Å². The topological polar surface area (TPSA) is 74.5 Å². The SMILES string of the molecule is C/C(C=NNC(=O)COc1ccccc1C#N)=C\c1ccccc1. The number of hydrazone groups is 1. The van der Waals surface area contributed by atoms with E-state index < -0.39 is 5.91 Å². The molecule has 0 aliphatic rings. The molecule has 0 spiro atoms. The second-order valence-electron chi connectivity index (χ2n) is 4.99. The van der Waals surface area contributed by atoms with Crippen molar-refractivity contribution in [1.29, 1.82) is 5.26 Å². The molecule has 120 valence electrons. The second-order valence-corrected chi connectivity index (χ2v) is 4.99. The maximum atomic E-state index is 11.7. The van der Waals surface area contributed by atoms with Crippen molar-refractivity contribution in [2.45, 2.75) is 6.92 Å². The molecule has 0 heterocycles. The van der Waals surface area contributed by atoms with Gasteiger partial charge in [-0.25, -0.2) is 5.43 Å². The highest BCUT2D eigenvalue weighted by molar-refractivity contribution is 5.86. The summed E-state index contributed by atoms with van der Waals surface area (Å²) in [6.45, 7) is 1.68. The maximum Gasteiger partial charge on any atom is 0.277 e. The average molecular weight is 319 g/mol. The van der Waals surface area contributed by atoms with Crippen LogP contribution in [0, 0.1) is 11.3 Å². The van der Waals surface area contributed by atoms with Crippen LogP contribution in [0.2, 0.25) is 0 Å². The summed E-state index contributed by atoms with van der Waals surface area (Å²) in [5, 5.41) is 12.8. The number of carbonyl (C=O) groups is 1. The number of rotatable bonds is 6. The van der Waals surface area contributed by atoms with Gasteiger partial charge in [0, 0.05) is 0 Å². The summed E-state index contributed by atoms with van der Waals surface area (Å²) in [6.07, 6.45) is 3.52. The summed E-state index contributed by atoms with van der Waals surface area (Å²) < 4.78 is 5.32. The Morgan fingerprint density at radius 1 is 1.21 bits per heavy atom. The monoisotopic (exact) mass is 319 g/mol. The molecule has 24 heavy (non-hydrogen) atoms. The third kappa shape index (κ3) is 5.43. The highest BCUT2D eigenvalue weighted by Gasteiger charge is 2.05. The van der Waals surface area contributed by atoms with Crippen molar-refractivity contribution in [3.63, 3.8) is 0 Å². The largest absolute Gasteiger partial charge is 0.482 e. The van der Waals surface area contributed by atoms with Crippen molar-refractivity contribution in [3.8, 4) is 11.8 Å². The first-order chi connectivity index (χ1) is 11.7. The van der Waals surface area contributed by atoms with Crippen LogP contribution in [0.1, 0.15) is 18.1 Å². The Balaban J connectivity index is 1.83. The number of allylic oxidation sites excluding steroid dienone is 1. The van der Waals surface area contributed by atoms with E-state index in [0.29, 0.717) is 11.3 Å². The lowest BCUT2D eigenvalue weighted by atomic mass is 10.1. The Hall–Kier alpha value is -3.39. The summed E-state index contributed by atoms with van der Waals surface area (Å²) in [4.78, 5) is 11.7. The molecular weight excluding hydrogens is 302 g/mol. The van der Waals surface area contributed by atoms with Crippen LogP contribution in [-0.2, 0) is 4.79 Å². The zero-order chi connectivity index (χ0) is 17.2. The third-order valence-electron chi connectivity index (χ3n) is 3.02. The summed E-state index contributed by atoms with van der Waals surface area (Å²) in [6, 6.07) is 18.6. The smallest absolute Gasteiger partial charge is 0.277 e. The molecule has 0 aliphatic heterocycles. The van der Waals surface area contributed by atoms with Crippen LogP contribution in [0.3, 0.4) is 0 Å². The zero-order valence-electron chi connectivity index (χ0n) is 13.3. The molecule has 2 rings (SSSR count). The molecule has 1 N–H and O–H groups in total. The van der Waals surface area contributed by atoms with Gasteiger partial charge in [-0.3, -0.25) is 4.79 Å². The Kier molecular flexibility index (Phi) is 6.30. The molecule has 0 unspecified atom stereocenters. The number of hydrogen-bond donors (Lipinski definition) is 1. The van der Waals surface area contributed by atoms with E-state index in [9.17, 15) is 4.79 Å². The highest BCUT2D eigenvalue weighted by Crippen LogP contribution is 2.16. The quantitative estimate of drug-likeness (QED) is 0.656. The summed E-state index contributed by atoms with van der Waals surface area (Å²) >= 11 is 0. The lowest BCUT2D eigenvalue weighted by Crippen LogP contribution is -2.24. The first-order valence-corrected chi connectivity index (χ1v) is 7.36. The van der Waals surface area contributed by atoms with E-state index in [-0.39, 0.29) is 6.61 Å². The van der Waals surface area contributed by atoms with Gasteiger partial charge < -0.3 is 4.74 Å². The number of ether oxygens (including phenoxy) is 1. The number of benzene rings is 2. The molecule has 2 aromatic rings. The molecule has 2 aromatic carbocycles. The van der Waals surface area contributed by atoms with E-state index in [1.165, 1.54) is 0 Å². The van der Waals surface area contributed by atoms with Crippen LogP contribution in [0.5, 0.6) is 5.75 Å². The Morgan fingerprint density at radius 2 is 1.92 bits per heavy atom. The Bertz CT molecular complexity index is 790. The fourth-order valence-corrected chi connectivity index (χ4v) is 1.92. The number of nitrogens with zero attached hydrogens (tertiary/aromatic N) is 2. The van der Waals surface area contributed by atoms with Gasteiger partial charge in [-0.15, -0.1) is 0 Å². The van der Waals surface area contributed by atoms with Crippen molar-refractivity contribution >= 4 is 18.2 Å². The number of nitrogens with one attached hydrogen (secondary N) is 1. The highest BCUT2D eigenvalue weighted by atomic mass is 16.5. The van der Waals surface area contributed by atoms with Crippen LogP contribution in [0.15, 0.2) is 65.3 Å². The minimum absolute atomic E-state index is 0.211. The molecule has 0 aliphatic carbocycles. The summed E-state index contributed by atoms with van der Waals surface area (Å²) in [7, 11) is 0. The molecule has 0 atom stereocenters. The van der Waals surface area contributed by atoms with Crippen molar-refractivity contribution in [3.05, 3.63) is 71.3 Å². The fraction of sp³-hybridized carbons (Fsp3) is 0.105. The molecule has 5 heteroatoms. The van der Waals surface area contributed by atoms with Crippen LogP contribution in [0.25, 0.3) is 6.08 Å². The van der Waals surface area contributed by atoms with Crippen molar-refractivity contribution in [2.24, 2.45) is 5.10 Å². The molecule has 1 amide bonds. The van der Waals surface area contributed by atoms with Gasteiger partial charge in [-0.2, -0.15) is 10.4 Å². The molecular formula is C19H17N3O2. The van der Waals surface area contributed by atoms with Gasteiger partial charge in [-0.1, -0.05) is 48.5 Å². The summed E-state index contributed by atoms with van der Waals surface area (Å²) in [5.74, 6) is -0.0224. The van der Waals surface area contributed by atoms with Crippen LogP contribution < -0.4 is 10.2 Å². The number of amides is 1. The lowest BCUT2D eigenvalue weighted by Gasteiger charge is -2.06. The van der Waals surface area contributed by atoms with E-state index in [2.05, 4.69) is 10.5 Å². The number of para-hydroxylation sites is 1. The normalized spacial score (nSPS) is 11.1. The zero-order valence-corrected chi connectivity index (χ0v) is 13.3. The van der Waals surface area contributed by atoms with Gasteiger partial charge in [0.05, 0.1) is 11.8 Å². The molecule has 0 radical (unpaired) electrons. The van der Waals surface area contributed by atoms with Gasteiger partial charge in [0.25, 0.3) is 5.91 Å². The molecule has 0 aromatic heterocycles. The molecule has 0 fully saturated rings. The Morgan fingerprint density at radius 3 is 2.67 bits per heavy atom. The van der Waals surface area contributed by atoms with E-state index in [0.717, 1.165) is 11.1 Å². The van der Waals surface area contributed by atoms with Crippen molar-refractivity contribution in [1.82, 2.24) is 5.43 Å². The van der Waals surface area contributed by atoms with Crippen LogP contribution in [-0.4, -0.2) is 18.7 Å². The average Bonchev–Trinajstić information content (AvgIpc) is 2.61. The van der Waals surface area contributed by atoms with E-state index >= 15 is 0 Å². The number of nitriles is 1. The molecule has 5 nitrogen and oxygen atoms in total. The third-order valence-corrected chi connectivity index (χ3v) is 3.02. The van der Waals surface area contributed by atoms with Crippen LogP contribution in [0.4, 0.5) is 0 Å². The van der Waals surface area contributed by atoms with Gasteiger partial charge in [0.15, 0.2) is 6.61 Å². The van der Waals surface area contributed by atoms with Gasteiger partial charge in [0.1, 0.15) is 11.8 Å². The maximum absolute atomic E-state index is 11.7. The van der Waals surface area contributed by atoms with E-state index in [4.69, 9.17) is 10.00 Å². The minimum Gasteiger partial charge on any atom is -0.482 e. The number of hydrogen-bond acceptors (Lipinski definition) is 4. The van der Waals surface area contributed by atoms with E-state index in [1.807, 2.05) is 49.4 Å². The summed E-state index contributed by atoms with van der Waals surface area (Å²) in [5.41, 5.74) is 4.73. The fourth-order valence-electron chi connectivity index (χ4n) is 1.92. The second kappa shape index (κ2) is 8.91. The standard InChI is InChI=1S/C19H17N3O2/c1-15(11-16-7-3-2-4-8-16)13-21-22-19(23)14-24-18-10-6-5-9-17(18)12-20/h2-11,13H,14H2,1H3,(H,22,23)/b15-11+,21-13?. The van der Waals surface area contributed by atoms with Gasteiger partial charge >= 0.3 is 0 Å². The number of carbonyl (C=O) groups excluding carboxylic acids is 1.